The fourth-order valence-electron chi connectivity index (χ4n) is 2.74. The SMILES string of the molecule is Cc1cc(N)ccc1Cc1c(C)cc(N)cc1C(C)C. The molecule has 2 nitrogen and oxygen atoms in total. The third-order valence-corrected chi connectivity index (χ3v) is 3.89. The molecule has 0 amide bonds. The highest BCUT2D eigenvalue weighted by Gasteiger charge is 2.12. The highest BCUT2D eigenvalue weighted by atomic mass is 14.5. The molecule has 0 saturated carbocycles. The zero-order valence-electron chi connectivity index (χ0n) is 12.8. The molecule has 0 radical (unpaired) electrons. The van der Waals surface area contributed by atoms with Gasteiger partial charge in [0.1, 0.15) is 0 Å². The second-order valence-electron chi connectivity index (χ2n) is 5.92. The first-order valence-corrected chi connectivity index (χ1v) is 7.12. The maximum Gasteiger partial charge on any atom is 0.0319 e. The molecule has 0 bridgehead atoms. The second kappa shape index (κ2) is 5.58. The first-order valence-electron chi connectivity index (χ1n) is 7.12. The van der Waals surface area contributed by atoms with Gasteiger partial charge in [0, 0.05) is 11.4 Å². The fraction of sp³-hybridized carbons (Fsp3) is 0.333. The number of nitrogens with two attached hydrogens (primary N) is 2. The van der Waals surface area contributed by atoms with Crippen molar-refractivity contribution in [2.24, 2.45) is 0 Å². The van der Waals surface area contributed by atoms with Crippen LogP contribution in [-0.2, 0) is 6.42 Å². The van der Waals surface area contributed by atoms with E-state index in [9.17, 15) is 0 Å². The van der Waals surface area contributed by atoms with Gasteiger partial charge in [0.25, 0.3) is 0 Å². The van der Waals surface area contributed by atoms with Crippen molar-refractivity contribution in [3.63, 3.8) is 0 Å². The van der Waals surface area contributed by atoms with Gasteiger partial charge in [-0.05, 0) is 78.3 Å². The van der Waals surface area contributed by atoms with Crippen LogP contribution >= 0.6 is 0 Å². The molecule has 0 atom stereocenters. The predicted octanol–water partition coefficient (Wildman–Crippen LogP) is 4.18. The molecule has 0 unspecified atom stereocenters. The summed E-state index contributed by atoms with van der Waals surface area (Å²) in [6.45, 7) is 8.69. The van der Waals surface area contributed by atoms with E-state index in [4.69, 9.17) is 11.5 Å². The van der Waals surface area contributed by atoms with Gasteiger partial charge >= 0.3 is 0 Å². The number of hydrogen-bond acceptors (Lipinski definition) is 2. The molecule has 0 aliphatic carbocycles. The van der Waals surface area contributed by atoms with Gasteiger partial charge in [0.05, 0.1) is 0 Å². The lowest BCUT2D eigenvalue weighted by Gasteiger charge is -2.18. The third-order valence-electron chi connectivity index (χ3n) is 3.89. The summed E-state index contributed by atoms with van der Waals surface area (Å²) in [6, 6.07) is 10.3. The number of benzene rings is 2. The van der Waals surface area contributed by atoms with Crippen LogP contribution in [0.4, 0.5) is 11.4 Å². The van der Waals surface area contributed by atoms with E-state index in [0.29, 0.717) is 5.92 Å². The van der Waals surface area contributed by atoms with Crippen LogP contribution in [0.5, 0.6) is 0 Å². The first kappa shape index (κ1) is 14.4. The average molecular weight is 268 g/mol. The minimum absolute atomic E-state index is 0.473. The van der Waals surface area contributed by atoms with E-state index in [1.54, 1.807) is 0 Å². The van der Waals surface area contributed by atoms with E-state index in [1.165, 1.54) is 27.8 Å². The lowest BCUT2D eigenvalue weighted by atomic mass is 9.88. The summed E-state index contributed by atoms with van der Waals surface area (Å²) in [5.74, 6) is 0.473. The molecule has 2 rings (SSSR count). The van der Waals surface area contributed by atoms with Crippen LogP contribution < -0.4 is 11.5 Å². The minimum atomic E-state index is 0.473. The van der Waals surface area contributed by atoms with Crippen LogP contribution in [0.25, 0.3) is 0 Å². The quantitative estimate of drug-likeness (QED) is 0.820. The maximum atomic E-state index is 5.99. The standard InChI is InChI=1S/C18H24N2/c1-11(2)17-10-16(20)8-13(4)18(17)9-14-5-6-15(19)7-12(14)3/h5-8,10-11H,9,19-20H2,1-4H3. The number of aryl methyl sites for hydroxylation is 2. The van der Waals surface area contributed by atoms with Crippen LogP contribution in [0.1, 0.15) is 47.6 Å². The van der Waals surface area contributed by atoms with Crippen LogP contribution in [0, 0.1) is 13.8 Å². The van der Waals surface area contributed by atoms with Gasteiger partial charge in [-0.15, -0.1) is 0 Å². The summed E-state index contributed by atoms with van der Waals surface area (Å²) in [5.41, 5.74) is 20.1. The van der Waals surface area contributed by atoms with Crippen LogP contribution in [0.15, 0.2) is 30.3 Å². The van der Waals surface area contributed by atoms with Gasteiger partial charge < -0.3 is 11.5 Å². The molecule has 0 aliphatic heterocycles. The van der Waals surface area contributed by atoms with Crippen molar-refractivity contribution < 1.29 is 0 Å². The van der Waals surface area contributed by atoms with Gasteiger partial charge in [-0.25, -0.2) is 0 Å². The normalized spacial score (nSPS) is 11.1. The molecule has 20 heavy (non-hydrogen) atoms. The Morgan fingerprint density at radius 1 is 0.900 bits per heavy atom. The molecule has 0 heterocycles. The van der Waals surface area contributed by atoms with E-state index < -0.39 is 0 Å². The summed E-state index contributed by atoms with van der Waals surface area (Å²) in [4.78, 5) is 0. The van der Waals surface area contributed by atoms with Crippen molar-refractivity contribution in [2.45, 2.75) is 40.0 Å². The molecule has 0 aliphatic rings. The Hall–Kier alpha value is -1.96. The van der Waals surface area contributed by atoms with Crippen molar-refractivity contribution in [3.05, 3.63) is 58.1 Å². The molecule has 2 aromatic rings. The molecule has 4 N–H and O–H groups in total. The van der Waals surface area contributed by atoms with Gasteiger partial charge in [-0.2, -0.15) is 0 Å². The Balaban J connectivity index is 2.47. The molecule has 0 aromatic heterocycles. The number of hydrogen-bond donors (Lipinski definition) is 2. The van der Waals surface area contributed by atoms with E-state index in [-0.39, 0.29) is 0 Å². The van der Waals surface area contributed by atoms with Crippen LogP contribution in [0.2, 0.25) is 0 Å². The molecule has 0 fully saturated rings. The molecular weight excluding hydrogens is 244 g/mol. The Morgan fingerprint density at radius 3 is 2.15 bits per heavy atom. The Bertz CT molecular complexity index is 628. The van der Waals surface area contributed by atoms with Crippen molar-refractivity contribution in [3.8, 4) is 0 Å². The smallest absolute Gasteiger partial charge is 0.0319 e. The predicted molar refractivity (Wildman–Crippen MR) is 88.1 cm³/mol. The highest BCUT2D eigenvalue weighted by Crippen LogP contribution is 2.28. The highest BCUT2D eigenvalue weighted by molar-refractivity contribution is 5.53. The minimum Gasteiger partial charge on any atom is -0.399 e. The van der Waals surface area contributed by atoms with Crippen LogP contribution in [0.3, 0.4) is 0 Å². The first-order chi connectivity index (χ1) is 9.38. The lowest BCUT2D eigenvalue weighted by molar-refractivity contribution is 0.844. The number of nitrogen functional groups attached to an aromatic ring is 2. The maximum absolute atomic E-state index is 5.99. The zero-order valence-corrected chi connectivity index (χ0v) is 12.8. The summed E-state index contributed by atoms with van der Waals surface area (Å²) < 4.78 is 0. The second-order valence-corrected chi connectivity index (χ2v) is 5.92. The Morgan fingerprint density at radius 2 is 1.55 bits per heavy atom. The monoisotopic (exact) mass is 268 g/mol. The average Bonchev–Trinajstić information content (AvgIpc) is 2.34. The lowest BCUT2D eigenvalue weighted by Crippen LogP contribution is -2.04. The van der Waals surface area contributed by atoms with Crippen molar-refractivity contribution >= 4 is 11.4 Å². The van der Waals surface area contributed by atoms with Gasteiger partial charge in [0.15, 0.2) is 0 Å². The molecule has 2 aromatic carbocycles. The summed E-state index contributed by atoms with van der Waals surface area (Å²) in [7, 11) is 0. The molecular formula is C18H24N2. The summed E-state index contributed by atoms with van der Waals surface area (Å²) >= 11 is 0. The van der Waals surface area contributed by atoms with Crippen molar-refractivity contribution in [1.29, 1.82) is 0 Å². The van der Waals surface area contributed by atoms with E-state index in [1.807, 2.05) is 12.1 Å². The Labute approximate surface area is 121 Å². The molecule has 2 heteroatoms. The fourth-order valence-corrected chi connectivity index (χ4v) is 2.74. The number of anilines is 2. The summed E-state index contributed by atoms with van der Waals surface area (Å²) in [6.07, 6.45) is 0.936. The largest absolute Gasteiger partial charge is 0.399 e. The van der Waals surface area contributed by atoms with Crippen molar-refractivity contribution in [2.75, 3.05) is 11.5 Å². The van der Waals surface area contributed by atoms with Gasteiger partial charge in [-0.1, -0.05) is 19.9 Å². The van der Waals surface area contributed by atoms with Gasteiger partial charge in [0.2, 0.25) is 0 Å². The van der Waals surface area contributed by atoms with Gasteiger partial charge in [-0.3, -0.25) is 0 Å². The third kappa shape index (κ3) is 2.96. The Kier molecular flexibility index (Phi) is 4.03. The topological polar surface area (TPSA) is 52.0 Å². The molecule has 0 spiro atoms. The van der Waals surface area contributed by atoms with E-state index in [2.05, 4.69) is 45.9 Å². The molecule has 106 valence electrons. The summed E-state index contributed by atoms with van der Waals surface area (Å²) in [5, 5.41) is 0. The molecule has 0 saturated heterocycles. The van der Waals surface area contributed by atoms with E-state index in [0.717, 1.165) is 17.8 Å². The van der Waals surface area contributed by atoms with E-state index >= 15 is 0 Å². The zero-order chi connectivity index (χ0) is 14.9. The number of rotatable bonds is 3. The van der Waals surface area contributed by atoms with Crippen LogP contribution in [-0.4, -0.2) is 0 Å². The van der Waals surface area contributed by atoms with Crippen molar-refractivity contribution in [1.82, 2.24) is 0 Å².